The summed E-state index contributed by atoms with van der Waals surface area (Å²) in [5, 5.41) is 9.12. The van der Waals surface area contributed by atoms with Gasteiger partial charge in [-0.3, -0.25) is 9.59 Å². The topological polar surface area (TPSA) is 95.0 Å². The van der Waals surface area contributed by atoms with Gasteiger partial charge in [0, 0.05) is 26.2 Å². The van der Waals surface area contributed by atoms with Crippen molar-refractivity contribution in [2.24, 2.45) is 11.8 Å². The highest BCUT2D eigenvalue weighted by Gasteiger charge is 2.40. The van der Waals surface area contributed by atoms with E-state index in [-0.39, 0.29) is 19.0 Å². The summed E-state index contributed by atoms with van der Waals surface area (Å²) in [4.78, 5) is 25.1. The Labute approximate surface area is 118 Å². The van der Waals surface area contributed by atoms with Crippen molar-refractivity contribution in [3.63, 3.8) is 0 Å². The molecule has 0 unspecified atom stereocenters. The van der Waals surface area contributed by atoms with Crippen molar-refractivity contribution in [3.05, 3.63) is 0 Å². The summed E-state index contributed by atoms with van der Waals surface area (Å²) in [6.07, 6.45) is 3.08. The summed E-state index contributed by atoms with van der Waals surface area (Å²) < 4.78 is 24.2. The average molecular weight is 304 g/mol. The van der Waals surface area contributed by atoms with Crippen LogP contribution in [0.4, 0.5) is 0 Å². The molecule has 1 saturated carbocycles. The molecule has 0 spiro atoms. The van der Waals surface area contributed by atoms with Crippen LogP contribution in [-0.2, 0) is 19.6 Å². The van der Waals surface area contributed by atoms with Crippen molar-refractivity contribution in [1.29, 1.82) is 0 Å². The van der Waals surface area contributed by atoms with Gasteiger partial charge in [0.25, 0.3) is 0 Å². The Balaban J connectivity index is 1.97. The first-order valence-corrected chi connectivity index (χ1v) is 8.62. The fourth-order valence-electron chi connectivity index (χ4n) is 3.03. The number of sulfonamides is 1. The Morgan fingerprint density at radius 2 is 1.60 bits per heavy atom. The molecule has 2 rings (SSSR count). The molecule has 0 aromatic carbocycles. The maximum absolute atomic E-state index is 12.4. The second-order valence-electron chi connectivity index (χ2n) is 5.47. The highest BCUT2D eigenvalue weighted by Crippen LogP contribution is 2.33. The minimum Gasteiger partial charge on any atom is -0.481 e. The molecule has 1 aliphatic heterocycles. The second kappa shape index (κ2) is 5.69. The van der Waals surface area contributed by atoms with Crippen LogP contribution < -0.4 is 0 Å². The quantitative estimate of drug-likeness (QED) is 0.765. The largest absolute Gasteiger partial charge is 0.481 e. The lowest BCUT2D eigenvalue weighted by molar-refractivity contribution is -0.149. The highest BCUT2D eigenvalue weighted by molar-refractivity contribution is 7.88. The Bertz CT molecular complexity index is 496. The Kier molecular flexibility index (Phi) is 4.33. The fourth-order valence-corrected chi connectivity index (χ4v) is 3.85. The number of amides is 1. The molecule has 0 aromatic rings. The van der Waals surface area contributed by atoms with E-state index in [2.05, 4.69) is 0 Å². The highest BCUT2D eigenvalue weighted by atomic mass is 32.2. The van der Waals surface area contributed by atoms with E-state index in [1.54, 1.807) is 4.90 Å². The van der Waals surface area contributed by atoms with Crippen molar-refractivity contribution in [1.82, 2.24) is 9.21 Å². The van der Waals surface area contributed by atoms with Crippen LogP contribution in [0.3, 0.4) is 0 Å². The van der Waals surface area contributed by atoms with E-state index < -0.39 is 27.8 Å². The summed E-state index contributed by atoms with van der Waals surface area (Å²) in [6.45, 7) is 1.26. The standard InChI is InChI=1S/C12H20N2O5S/c1-20(18,19)14-7-5-13(6-8-14)11(15)9-3-2-4-10(9)12(16)17/h9-10H,2-8H2,1H3,(H,16,17)/t9-,10+/m1/s1. The third-order valence-corrected chi connectivity index (χ3v) is 5.47. The van der Waals surface area contributed by atoms with Crippen LogP contribution in [0.5, 0.6) is 0 Å². The van der Waals surface area contributed by atoms with Gasteiger partial charge >= 0.3 is 5.97 Å². The Morgan fingerprint density at radius 1 is 1.05 bits per heavy atom. The van der Waals surface area contributed by atoms with Gasteiger partial charge in [0.15, 0.2) is 0 Å². The first-order chi connectivity index (χ1) is 9.30. The van der Waals surface area contributed by atoms with Crippen molar-refractivity contribution >= 4 is 21.9 Å². The first-order valence-electron chi connectivity index (χ1n) is 6.77. The van der Waals surface area contributed by atoms with Crippen molar-refractivity contribution in [2.45, 2.75) is 19.3 Å². The summed E-state index contributed by atoms with van der Waals surface area (Å²) in [5.74, 6) is -2.08. The lowest BCUT2D eigenvalue weighted by atomic mass is 9.94. The number of carbonyl (C=O) groups excluding carboxylic acids is 1. The number of hydrogen-bond donors (Lipinski definition) is 1. The van der Waals surface area contributed by atoms with Gasteiger partial charge in [0.05, 0.1) is 18.1 Å². The maximum Gasteiger partial charge on any atom is 0.307 e. The van der Waals surface area contributed by atoms with Crippen LogP contribution in [0.15, 0.2) is 0 Å². The van der Waals surface area contributed by atoms with Crippen LogP contribution in [-0.4, -0.2) is 67.0 Å². The van der Waals surface area contributed by atoms with Crippen molar-refractivity contribution in [3.8, 4) is 0 Å². The van der Waals surface area contributed by atoms with Crippen LogP contribution in [0, 0.1) is 11.8 Å². The van der Waals surface area contributed by atoms with Crippen molar-refractivity contribution < 1.29 is 23.1 Å². The van der Waals surface area contributed by atoms with Gasteiger partial charge in [-0.1, -0.05) is 6.42 Å². The van der Waals surface area contributed by atoms with Crippen molar-refractivity contribution in [2.75, 3.05) is 32.4 Å². The third kappa shape index (κ3) is 3.12. The number of rotatable bonds is 3. The van der Waals surface area contributed by atoms with Gasteiger partial charge in [-0.15, -0.1) is 0 Å². The molecule has 20 heavy (non-hydrogen) atoms. The summed E-state index contributed by atoms with van der Waals surface area (Å²) >= 11 is 0. The molecule has 114 valence electrons. The zero-order valence-corrected chi connectivity index (χ0v) is 12.3. The molecule has 1 heterocycles. The van der Waals surface area contributed by atoms with Crippen LogP contribution in [0.25, 0.3) is 0 Å². The maximum atomic E-state index is 12.4. The lowest BCUT2D eigenvalue weighted by Gasteiger charge is -2.35. The minimum absolute atomic E-state index is 0.136. The van der Waals surface area contributed by atoms with Gasteiger partial charge < -0.3 is 10.0 Å². The van der Waals surface area contributed by atoms with Gasteiger partial charge in [-0.25, -0.2) is 8.42 Å². The number of hydrogen-bond acceptors (Lipinski definition) is 4. The van der Waals surface area contributed by atoms with Crippen LogP contribution in [0.2, 0.25) is 0 Å². The molecule has 7 nitrogen and oxygen atoms in total. The summed E-state index contributed by atoms with van der Waals surface area (Å²) in [6, 6.07) is 0. The fraction of sp³-hybridized carbons (Fsp3) is 0.833. The number of nitrogens with zero attached hydrogens (tertiary/aromatic N) is 2. The minimum atomic E-state index is -3.22. The lowest BCUT2D eigenvalue weighted by Crippen LogP contribution is -2.52. The number of piperazine rings is 1. The van der Waals surface area contributed by atoms with E-state index in [9.17, 15) is 18.0 Å². The van der Waals surface area contributed by atoms with E-state index in [0.717, 1.165) is 12.7 Å². The molecular weight excluding hydrogens is 284 g/mol. The van der Waals surface area contributed by atoms with Gasteiger partial charge in [0.1, 0.15) is 0 Å². The molecule has 0 radical (unpaired) electrons. The predicted octanol–water partition coefficient (Wildman–Crippen LogP) is -0.409. The molecule has 1 aliphatic carbocycles. The first kappa shape index (κ1) is 15.2. The molecule has 1 N–H and O–H groups in total. The molecule has 0 bridgehead atoms. The zero-order chi connectivity index (χ0) is 14.9. The molecule has 2 aliphatic rings. The van der Waals surface area contributed by atoms with Crippen LogP contribution in [0.1, 0.15) is 19.3 Å². The average Bonchev–Trinajstić information content (AvgIpc) is 2.86. The summed E-state index contributed by atoms with van der Waals surface area (Å²) in [5.41, 5.74) is 0. The van der Waals surface area contributed by atoms with Gasteiger partial charge in [-0.2, -0.15) is 4.31 Å². The Morgan fingerprint density at radius 3 is 2.10 bits per heavy atom. The zero-order valence-electron chi connectivity index (χ0n) is 11.5. The van der Waals surface area contributed by atoms with E-state index >= 15 is 0 Å². The van der Waals surface area contributed by atoms with Gasteiger partial charge in [-0.05, 0) is 12.8 Å². The predicted molar refractivity (Wildman–Crippen MR) is 71.5 cm³/mol. The van der Waals surface area contributed by atoms with E-state index in [1.807, 2.05) is 0 Å². The second-order valence-corrected chi connectivity index (χ2v) is 7.45. The van der Waals surface area contributed by atoms with Gasteiger partial charge in [0.2, 0.25) is 15.9 Å². The number of carbonyl (C=O) groups is 2. The molecule has 1 saturated heterocycles. The molecule has 2 atom stereocenters. The number of carboxylic acids is 1. The normalized spacial score (nSPS) is 28.6. The van der Waals surface area contributed by atoms with Crippen LogP contribution >= 0.6 is 0 Å². The smallest absolute Gasteiger partial charge is 0.307 e. The van der Waals surface area contributed by atoms with E-state index in [0.29, 0.717) is 25.9 Å². The number of aliphatic carboxylic acids is 1. The molecule has 8 heteroatoms. The SMILES string of the molecule is CS(=O)(=O)N1CCN(C(=O)[C@@H]2CCC[C@@H]2C(=O)O)CC1. The molecule has 2 fully saturated rings. The third-order valence-electron chi connectivity index (χ3n) is 4.17. The van der Waals surface area contributed by atoms with E-state index in [1.165, 1.54) is 4.31 Å². The summed E-state index contributed by atoms with van der Waals surface area (Å²) in [7, 11) is -3.22. The molecule has 0 aromatic heterocycles. The van der Waals surface area contributed by atoms with E-state index in [4.69, 9.17) is 5.11 Å². The number of carboxylic acid groups (broad SMARTS) is 1. The Hall–Kier alpha value is -1.15. The monoisotopic (exact) mass is 304 g/mol. The molecule has 1 amide bonds. The molecular formula is C12H20N2O5S.